The summed E-state index contributed by atoms with van der Waals surface area (Å²) < 4.78 is 33.6. The summed E-state index contributed by atoms with van der Waals surface area (Å²) in [6.45, 7) is 4.27. The Labute approximate surface area is 144 Å². The van der Waals surface area contributed by atoms with Crippen LogP contribution >= 0.6 is 0 Å². The van der Waals surface area contributed by atoms with Crippen LogP contribution in [0.2, 0.25) is 0 Å². The van der Waals surface area contributed by atoms with Crippen molar-refractivity contribution in [3.63, 3.8) is 0 Å². The Morgan fingerprint density at radius 2 is 1.96 bits per heavy atom. The first-order chi connectivity index (χ1) is 12.0. The molecule has 0 aliphatic carbocycles. The van der Waals surface area contributed by atoms with Crippen molar-refractivity contribution >= 4 is 5.91 Å². The van der Waals surface area contributed by atoms with Gasteiger partial charge in [-0.1, -0.05) is 6.07 Å². The number of amides is 1. The molecule has 2 heterocycles. The number of halogens is 2. The summed E-state index contributed by atoms with van der Waals surface area (Å²) in [5.41, 5.74) is 2.76. The number of carbonyl (C=O) groups is 1. The fourth-order valence-corrected chi connectivity index (χ4v) is 2.84. The number of aryl methyl sites for hydroxylation is 2. The van der Waals surface area contributed by atoms with E-state index in [1.807, 2.05) is 19.9 Å². The van der Waals surface area contributed by atoms with E-state index in [-0.39, 0.29) is 19.0 Å². The standard InChI is InChI=1S/C19H18F2N2O2/c1-12-8-13(2)23(11-14-5-6-16(20)17(21)9-14)18(12)19(24)22-10-15-4-3-7-25-15/h3-9H,10-11H2,1-2H3,(H,22,24). The Morgan fingerprint density at radius 3 is 2.64 bits per heavy atom. The van der Waals surface area contributed by atoms with E-state index in [4.69, 9.17) is 4.42 Å². The third-order valence-electron chi connectivity index (χ3n) is 4.04. The number of furan rings is 1. The lowest BCUT2D eigenvalue weighted by Crippen LogP contribution is -2.26. The number of rotatable bonds is 5. The lowest BCUT2D eigenvalue weighted by molar-refractivity contribution is 0.0938. The summed E-state index contributed by atoms with van der Waals surface area (Å²) in [5.74, 6) is -1.38. The molecule has 1 amide bonds. The van der Waals surface area contributed by atoms with E-state index >= 15 is 0 Å². The first kappa shape index (κ1) is 17.0. The van der Waals surface area contributed by atoms with Gasteiger partial charge in [0.2, 0.25) is 0 Å². The van der Waals surface area contributed by atoms with Crippen LogP contribution in [0, 0.1) is 25.5 Å². The predicted molar refractivity (Wildman–Crippen MR) is 89.2 cm³/mol. The van der Waals surface area contributed by atoms with Gasteiger partial charge in [-0.3, -0.25) is 4.79 Å². The quantitative estimate of drug-likeness (QED) is 0.762. The van der Waals surface area contributed by atoms with Crippen LogP contribution < -0.4 is 5.32 Å². The van der Waals surface area contributed by atoms with Crippen molar-refractivity contribution in [2.75, 3.05) is 0 Å². The number of hydrogen-bond acceptors (Lipinski definition) is 2. The third kappa shape index (κ3) is 3.63. The summed E-state index contributed by atoms with van der Waals surface area (Å²) in [4.78, 5) is 12.6. The van der Waals surface area contributed by atoms with Gasteiger partial charge in [-0.15, -0.1) is 0 Å². The monoisotopic (exact) mass is 344 g/mol. The van der Waals surface area contributed by atoms with E-state index in [9.17, 15) is 13.6 Å². The zero-order chi connectivity index (χ0) is 18.0. The van der Waals surface area contributed by atoms with Gasteiger partial charge >= 0.3 is 0 Å². The number of hydrogen-bond donors (Lipinski definition) is 1. The van der Waals surface area contributed by atoms with Gasteiger partial charge in [0.15, 0.2) is 11.6 Å². The van der Waals surface area contributed by atoms with Gasteiger partial charge in [0, 0.05) is 12.2 Å². The second kappa shape index (κ2) is 6.93. The SMILES string of the molecule is Cc1cc(C)n(Cc2ccc(F)c(F)c2)c1C(=O)NCc1ccco1. The van der Waals surface area contributed by atoms with E-state index < -0.39 is 11.6 Å². The van der Waals surface area contributed by atoms with Crippen LogP contribution in [0.25, 0.3) is 0 Å². The van der Waals surface area contributed by atoms with E-state index in [0.29, 0.717) is 17.0 Å². The minimum Gasteiger partial charge on any atom is -0.467 e. The molecule has 130 valence electrons. The molecule has 0 spiro atoms. The smallest absolute Gasteiger partial charge is 0.268 e. The van der Waals surface area contributed by atoms with Crippen LogP contribution in [0.4, 0.5) is 8.78 Å². The number of nitrogens with zero attached hydrogens (tertiary/aromatic N) is 1. The fraction of sp³-hybridized carbons (Fsp3) is 0.211. The Balaban J connectivity index is 1.84. The summed E-state index contributed by atoms with van der Waals surface area (Å²) in [5, 5.41) is 2.81. The van der Waals surface area contributed by atoms with Crippen LogP contribution in [0.15, 0.2) is 47.1 Å². The van der Waals surface area contributed by atoms with Gasteiger partial charge in [-0.25, -0.2) is 8.78 Å². The van der Waals surface area contributed by atoms with E-state index in [0.717, 1.165) is 23.4 Å². The molecule has 2 aromatic heterocycles. The molecule has 1 N–H and O–H groups in total. The van der Waals surface area contributed by atoms with Gasteiger partial charge in [0.1, 0.15) is 11.5 Å². The first-order valence-electron chi connectivity index (χ1n) is 7.87. The maximum Gasteiger partial charge on any atom is 0.268 e. The highest BCUT2D eigenvalue weighted by molar-refractivity contribution is 5.94. The molecule has 25 heavy (non-hydrogen) atoms. The zero-order valence-electron chi connectivity index (χ0n) is 14.0. The predicted octanol–water partition coefficient (Wildman–Crippen LogP) is 3.95. The molecule has 0 unspecified atom stereocenters. The summed E-state index contributed by atoms with van der Waals surface area (Å²) in [7, 11) is 0. The van der Waals surface area contributed by atoms with Crippen molar-refractivity contribution in [3.8, 4) is 0 Å². The fourth-order valence-electron chi connectivity index (χ4n) is 2.84. The minimum atomic E-state index is -0.900. The van der Waals surface area contributed by atoms with Crippen molar-refractivity contribution < 1.29 is 18.0 Å². The molecule has 0 saturated heterocycles. The lowest BCUT2D eigenvalue weighted by atomic mass is 10.2. The summed E-state index contributed by atoms with van der Waals surface area (Å²) >= 11 is 0. The van der Waals surface area contributed by atoms with Crippen molar-refractivity contribution in [1.82, 2.24) is 9.88 Å². The molecule has 3 aromatic rings. The summed E-state index contributed by atoms with van der Waals surface area (Å²) in [6, 6.07) is 9.17. The molecule has 0 bridgehead atoms. The Kier molecular flexibility index (Phi) is 4.70. The molecule has 0 aliphatic rings. The lowest BCUT2D eigenvalue weighted by Gasteiger charge is -2.13. The number of nitrogens with one attached hydrogen (secondary N) is 1. The van der Waals surface area contributed by atoms with E-state index in [1.165, 1.54) is 6.07 Å². The van der Waals surface area contributed by atoms with Crippen LogP contribution in [0.3, 0.4) is 0 Å². The molecule has 0 atom stereocenters. The Morgan fingerprint density at radius 1 is 1.16 bits per heavy atom. The molecule has 0 fully saturated rings. The molecule has 0 aliphatic heterocycles. The Hall–Kier alpha value is -2.89. The van der Waals surface area contributed by atoms with Crippen molar-refractivity contribution in [3.05, 3.63) is 82.6 Å². The number of benzene rings is 1. The van der Waals surface area contributed by atoms with Crippen molar-refractivity contribution in [2.24, 2.45) is 0 Å². The van der Waals surface area contributed by atoms with Gasteiger partial charge in [-0.2, -0.15) is 0 Å². The third-order valence-corrected chi connectivity index (χ3v) is 4.04. The minimum absolute atomic E-state index is 0.246. The van der Waals surface area contributed by atoms with Crippen LogP contribution in [0.1, 0.15) is 33.1 Å². The highest BCUT2D eigenvalue weighted by atomic mass is 19.2. The molecular formula is C19H18F2N2O2. The van der Waals surface area contributed by atoms with E-state index in [2.05, 4.69) is 5.32 Å². The zero-order valence-corrected chi connectivity index (χ0v) is 14.0. The average Bonchev–Trinajstić information content (AvgIpc) is 3.17. The average molecular weight is 344 g/mol. The molecule has 6 heteroatoms. The number of carbonyl (C=O) groups excluding carboxylic acids is 1. The van der Waals surface area contributed by atoms with Crippen molar-refractivity contribution in [1.29, 1.82) is 0 Å². The normalized spacial score (nSPS) is 10.9. The van der Waals surface area contributed by atoms with Crippen LogP contribution in [-0.4, -0.2) is 10.5 Å². The molecular weight excluding hydrogens is 326 g/mol. The topological polar surface area (TPSA) is 47.2 Å². The summed E-state index contributed by atoms with van der Waals surface area (Å²) in [6.07, 6.45) is 1.54. The highest BCUT2D eigenvalue weighted by Crippen LogP contribution is 2.18. The molecule has 1 aromatic carbocycles. The molecule has 3 rings (SSSR count). The van der Waals surface area contributed by atoms with Crippen molar-refractivity contribution in [2.45, 2.75) is 26.9 Å². The van der Waals surface area contributed by atoms with Crippen LogP contribution in [-0.2, 0) is 13.1 Å². The maximum atomic E-state index is 13.5. The highest BCUT2D eigenvalue weighted by Gasteiger charge is 2.18. The van der Waals surface area contributed by atoms with Gasteiger partial charge in [0.05, 0.1) is 12.8 Å². The Bertz CT molecular complexity index is 899. The molecule has 0 saturated carbocycles. The van der Waals surface area contributed by atoms with Gasteiger partial charge in [-0.05, 0) is 55.3 Å². The second-order valence-corrected chi connectivity index (χ2v) is 5.91. The van der Waals surface area contributed by atoms with E-state index in [1.54, 1.807) is 23.0 Å². The largest absolute Gasteiger partial charge is 0.467 e. The number of aromatic nitrogens is 1. The first-order valence-corrected chi connectivity index (χ1v) is 7.87. The van der Waals surface area contributed by atoms with Crippen LogP contribution in [0.5, 0.6) is 0 Å². The van der Waals surface area contributed by atoms with Gasteiger partial charge < -0.3 is 14.3 Å². The molecule has 0 radical (unpaired) electrons. The molecule has 4 nitrogen and oxygen atoms in total. The van der Waals surface area contributed by atoms with Gasteiger partial charge in [0.25, 0.3) is 5.91 Å². The maximum absolute atomic E-state index is 13.5. The second-order valence-electron chi connectivity index (χ2n) is 5.91.